The summed E-state index contributed by atoms with van der Waals surface area (Å²) in [5, 5.41) is 0. The van der Waals surface area contributed by atoms with Crippen LogP contribution in [-0.2, 0) is 11.2 Å². The minimum absolute atomic E-state index is 0.227. The Hall–Kier alpha value is -1.51. The summed E-state index contributed by atoms with van der Waals surface area (Å²) in [4.78, 5) is 14.9. The first-order valence-electron chi connectivity index (χ1n) is 8.88. The number of carbonyl (C=O) groups excluding carboxylic acids is 1. The molecular formula is C19H28N2O. The molecule has 1 aromatic carbocycles. The van der Waals surface area contributed by atoms with E-state index in [0.29, 0.717) is 5.91 Å². The van der Waals surface area contributed by atoms with E-state index in [0.717, 1.165) is 43.1 Å². The third-order valence-corrected chi connectivity index (χ3v) is 5.43. The van der Waals surface area contributed by atoms with Gasteiger partial charge in [-0.15, -0.1) is 0 Å². The van der Waals surface area contributed by atoms with Crippen LogP contribution in [0.2, 0.25) is 0 Å². The van der Waals surface area contributed by atoms with Crippen molar-refractivity contribution < 1.29 is 4.79 Å². The first-order chi connectivity index (χ1) is 10.7. The second kappa shape index (κ2) is 6.72. The van der Waals surface area contributed by atoms with Crippen LogP contribution in [0, 0.1) is 11.8 Å². The molecule has 3 rings (SSSR count). The van der Waals surface area contributed by atoms with Crippen LogP contribution < -0.4 is 10.6 Å². The summed E-state index contributed by atoms with van der Waals surface area (Å²) in [5.41, 5.74) is 8.97. The third kappa shape index (κ3) is 3.13. The fraction of sp³-hybridized carbons (Fsp3) is 0.632. The molecular weight excluding hydrogens is 272 g/mol. The van der Waals surface area contributed by atoms with Crippen molar-refractivity contribution in [3.63, 3.8) is 0 Å². The predicted octanol–water partition coefficient (Wildman–Crippen LogP) is 4.15. The molecule has 1 amide bonds. The predicted molar refractivity (Wildman–Crippen MR) is 91.9 cm³/mol. The molecule has 2 aliphatic rings. The van der Waals surface area contributed by atoms with Crippen LogP contribution in [0.3, 0.4) is 0 Å². The van der Waals surface area contributed by atoms with Gasteiger partial charge in [-0.25, -0.2) is 0 Å². The Morgan fingerprint density at radius 1 is 1.27 bits per heavy atom. The largest absolute Gasteiger partial charge is 0.399 e. The number of nitrogens with two attached hydrogens (primary N) is 1. The Kier molecular flexibility index (Phi) is 4.70. The van der Waals surface area contributed by atoms with Crippen LogP contribution in [0.1, 0.15) is 57.4 Å². The number of carbonyl (C=O) groups is 1. The maximum absolute atomic E-state index is 12.9. The average Bonchev–Trinajstić information content (AvgIpc) is 2.95. The molecule has 1 aliphatic heterocycles. The fourth-order valence-electron chi connectivity index (χ4n) is 4.04. The molecule has 1 saturated carbocycles. The first kappa shape index (κ1) is 15.4. The van der Waals surface area contributed by atoms with Gasteiger partial charge in [0.05, 0.1) is 0 Å². The van der Waals surface area contributed by atoms with Crippen molar-refractivity contribution in [2.24, 2.45) is 11.8 Å². The van der Waals surface area contributed by atoms with E-state index in [1.807, 2.05) is 17.0 Å². The molecule has 22 heavy (non-hydrogen) atoms. The molecule has 2 N–H and O–H groups in total. The summed E-state index contributed by atoms with van der Waals surface area (Å²) >= 11 is 0. The smallest absolute Gasteiger partial charge is 0.230 e. The summed E-state index contributed by atoms with van der Waals surface area (Å²) in [6, 6.07) is 5.97. The van der Waals surface area contributed by atoms with Gasteiger partial charge in [-0.05, 0) is 55.7 Å². The second-order valence-corrected chi connectivity index (χ2v) is 6.99. The number of rotatable bonds is 4. The van der Waals surface area contributed by atoms with E-state index in [9.17, 15) is 4.79 Å². The van der Waals surface area contributed by atoms with Gasteiger partial charge in [0.25, 0.3) is 0 Å². The van der Waals surface area contributed by atoms with Gasteiger partial charge in [0, 0.05) is 23.8 Å². The lowest BCUT2D eigenvalue weighted by Gasteiger charge is -2.30. The van der Waals surface area contributed by atoms with Crippen molar-refractivity contribution in [1.29, 1.82) is 0 Å². The number of nitrogen functional groups attached to an aromatic ring is 1. The number of anilines is 2. The molecule has 0 bridgehead atoms. The van der Waals surface area contributed by atoms with E-state index in [-0.39, 0.29) is 5.92 Å². The zero-order valence-corrected chi connectivity index (χ0v) is 13.7. The molecule has 0 aromatic heterocycles. The highest BCUT2D eigenvalue weighted by Crippen LogP contribution is 2.36. The zero-order chi connectivity index (χ0) is 15.5. The summed E-state index contributed by atoms with van der Waals surface area (Å²) in [6.45, 7) is 3.08. The maximum Gasteiger partial charge on any atom is 0.230 e. The monoisotopic (exact) mass is 300 g/mol. The minimum Gasteiger partial charge on any atom is -0.399 e. The van der Waals surface area contributed by atoms with Crippen LogP contribution in [0.4, 0.5) is 11.4 Å². The summed E-state index contributed by atoms with van der Waals surface area (Å²) in [6.07, 6.45) is 9.53. The van der Waals surface area contributed by atoms with E-state index in [4.69, 9.17) is 5.73 Å². The van der Waals surface area contributed by atoms with Gasteiger partial charge in [0.15, 0.2) is 0 Å². The highest BCUT2D eigenvalue weighted by Gasteiger charge is 2.32. The standard InChI is InChI=1S/C19H28N2O/c1-2-3-4-14-5-7-16(8-6-14)19(22)21-12-11-15-9-10-17(20)13-18(15)21/h9-10,13-14,16H,2-8,11-12,20H2,1H3. The van der Waals surface area contributed by atoms with E-state index < -0.39 is 0 Å². The van der Waals surface area contributed by atoms with E-state index >= 15 is 0 Å². The molecule has 1 heterocycles. The lowest BCUT2D eigenvalue weighted by atomic mass is 9.79. The maximum atomic E-state index is 12.9. The Morgan fingerprint density at radius 3 is 2.77 bits per heavy atom. The van der Waals surface area contributed by atoms with Crippen LogP contribution in [0.25, 0.3) is 0 Å². The highest BCUT2D eigenvalue weighted by molar-refractivity contribution is 5.97. The molecule has 0 radical (unpaired) electrons. The van der Waals surface area contributed by atoms with Crippen molar-refractivity contribution in [2.45, 2.75) is 58.3 Å². The number of fused-ring (bicyclic) bond motifs is 1. The van der Waals surface area contributed by atoms with Crippen LogP contribution in [-0.4, -0.2) is 12.5 Å². The molecule has 0 atom stereocenters. The van der Waals surface area contributed by atoms with Gasteiger partial charge >= 0.3 is 0 Å². The Balaban J connectivity index is 1.61. The van der Waals surface area contributed by atoms with Gasteiger partial charge in [0.1, 0.15) is 0 Å². The number of benzene rings is 1. The molecule has 0 saturated heterocycles. The average molecular weight is 300 g/mol. The zero-order valence-electron chi connectivity index (χ0n) is 13.7. The molecule has 1 fully saturated rings. The van der Waals surface area contributed by atoms with E-state index in [1.165, 1.54) is 37.7 Å². The number of nitrogens with zero attached hydrogens (tertiary/aromatic N) is 1. The second-order valence-electron chi connectivity index (χ2n) is 6.99. The topological polar surface area (TPSA) is 46.3 Å². The van der Waals surface area contributed by atoms with Crippen LogP contribution in [0.15, 0.2) is 18.2 Å². The van der Waals surface area contributed by atoms with Gasteiger partial charge in [0.2, 0.25) is 5.91 Å². The van der Waals surface area contributed by atoms with Crippen molar-refractivity contribution in [3.8, 4) is 0 Å². The van der Waals surface area contributed by atoms with Crippen molar-refractivity contribution in [2.75, 3.05) is 17.2 Å². The molecule has 3 nitrogen and oxygen atoms in total. The van der Waals surface area contributed by atoms with Gasteiger partial charge in [-0.1, -0.05) is 32.3 Å². The fourth-order valence-corrected chi connectivity index (χ4v) is 4.04. The molecule has 0 unspecified atom stereocenters. The molecule has 1 aromatic rings. The molecule has 1 aliphatic carbocycles. The van der Waals surface area contributed by atoms with E-state index in [1.54, 1.807) is 0 Å². The lowest BCUT2D eigenvalue weighted by molar-refractivity contribution is -0.123. The lowest BCUT2D eigenvalue weighted by Crippen LogP contribution is -2.36. The summed E-state index contributed by atoms with van der Waals surface area (Å²) < 4.78 is 0. The van der Waals surface area contributed by atoms with Crippen molar-refractivity contribution in [1.82, 2.24) is 0 Å². The van der Waals surface area contributed by atoms with Crippen molar-refractivity contribution in [3.05, 3.63) is 23.8 Å². The SMILES string of the molecule is CCCCC1CCC(C(=O)N2CCc3ccc(N)cc32)CC1. The highest BCUT2D eigenvalue weighted by atomic mass is 16.2. The van der Waals surface area contributed by atoms with Gasteiger partial charge in [-0.2, -0.15) is 0 Å². The van der Waals surface area contributed by atoms with E-state index in [2.05, 4.69) is 13.0 Å². The third-order valence-electron chi connectivity index (χ3n) is 5.43. The molecule has 120 valence electrons. The molecule has 3 heteroatoms. The summed E-state index contributed by atoms with van der Waals surface area (Å²) in [5.74, 6) is 1.41. The van der Waals surface area contributed by atoms with Crippen LogP contribution >= 0.6 is 0 Å². The van der Waals surface area contributed by atoms with Gasteiger partial charge < -0.3 is 10.6 Å². The van der Waals surface area contributed by atoms with Crippen LogP contribution in [0.5, 0.6) is 0 Å². The first-order valence-corrected chi connectivity index (χ1v) is 8.88. The normalized spacial score (nSPS) is 24.3. The quantitative estimate of drug-likeness (QED) is 0.849. The minimum atomic E-state index is 0.227. The number of amides is 1. The molecule has 0 spiro atoms. The number of hydrogen-bond donors (Lipinski definition) is 1. The van der Waals surface area contributed by atoms with Gasteiger partial charge in [-0.3, -0.25) is 4.79 Å². The van der Waals surface area contributed by atoms with Crippen molar-refractivity contribution >= 4 is 17.3 Å². The Labute approximate surface area is 133 Å². The number of hydrogen-bond acceptors (Lipinski definition) is 2. The summed E-state index contributed by atoms with van der Waals surface area (Å²) in [7, 11) is 0. The Morgan fingerprint density at radius 2 is 2.05 bits per heavy atom. The number of unbranched alkanes of at least 4 members (excludes halogenated alkanes) is 1. The Bertz CT molecular complexity index is 532.